The Balaban J connectivity index is 2.01. The van der Waals surface area contributed by atoms with Gasteiger partial charge in [0.1, 0.15) is 11.6 Å². The fourth-order valence-electron chi connectivity index (χ4n) is 2.39. The Kier molecular flexibility index (Phi) is 4.26. The van der Waals surface area contributed by atoms with Gasteiger partial charge < -0.3 is 15.4 Å². The Morgan fingerprint density at radius 2 is 2.14 bits per heavy atom. The second kappa shape index (κ2) is 6.32. The Morgan fingerprint density at radius 1 is 1.29 bits per heavy atom. The first kappa shape index (κ1) is 14.2. The molecule has 1 aromatic heterocycles. The molecular formula is C15H18N4OS. The van der Waals surface area contributed by atoms with Gasteiger partial charge in [-0.05, 0) is 18.4 Å². The normalized spacial score (nSPS) is 13.6. The van der Waals surface area contributed by atoms with Crippen molar-refractivity contribution in [1.29, 1.82) is 0 Å². The van der Waals surface area contributed by atoms with Crippen molar-refractivity contribution in [2.45, 2.75) is 18.1 Å². The molecular weight excluding hydrogens is 284 g/mol. The van der Waals surface area contributed by atoms with Gasteiger partial charge in [-0.15, -0.1) is 0 Å². The van der Waals surface area contributed by atoms with Crippen LogP contribution < -0.4 is 15.4 Å². The number of rotatable bonds is 4. The molecule has 0 saturated carbocycles. The van der Waals surface area contributed by atoms with E-state index in [0.717, 1.165) is 53.2 Å². The van der Waals surface area contributed by atoms with Gasteiger partial charge in [0, 0.05) is 25.1 Å². The van der Waals surface area contributed by atoms with Gasteiger partial charge in [-0.1, -0.05) is 23.9 Å². The smallest absolute Gasteiger partial charge is 0.189 e. The highest BCUT2D eigenvalue weighted by molar-refractivity contribution is 7.98. The van der Waals surface area contributed by atoms with Crippen LogP contribution in [0.3, 0.4) is 0 Å². The van der Waals surface area contributed by atoms with E-state index in [1.54, 1.807) is 18.9 Å². The number of anilines is 2. The number of benzene rings is 1. The number of nitrogens with one attached hydrogen (secondary N) is 2. The molecule has 110 valence electrons. The minimum atomic E-state index is 0.793. The fourth-order valence-corrected chi connectivity index (χ4v) is 2.77. The summed E-state index contributed by atoms with van der Waals surface area (Å²) in [7, 11) is 1.67. The third kappa shape index (κ3) is 2.96. The van der Waals surface area contributed by atoms with Crippen molar-refractivity contribution in [2.75, 3.05) is 25.2 Å². The standard InChI is InChI=1S/C15H18N4OS/c1-20-13-6-4-3-5-12(13)17-14-10-9-16-8-7-11(10)18-15(19-14)21-2/h3-6,16H,7-9H2,1-2H3,(H,17,18,19). The number of thioether (sulfide) groups is 1. The molecule has 3 rings (SSSR count). The molecule has 1 aliphatic rings. The summed E-state index contributed by atoms with van der Waals surface area (Å²) < 4.78 is 5.39. The van der Waals surface area contributed by atoms with Crippen LogP contribution in [0.2, 0.25) is 0 Å². The number of hydrogen-bond donors (Lipinski definition) is 2. The molecule has 0 radical (unpaired) electrons. The van der Waals surface area contributed by atoms with E-state index in [4.69, 9.17) is 4.74 Å². The maximum absolute atomic E-state index is 5.39. The average molecular weight is 302 g/mol. The minimum absolute atomic E-state index is 0.793. The van der Waals surface area contributed by atoms with E-state index < -0.39 is 0 Å². The van der Waals surface area contributed by atoms with E-state index in [1.807, 2.05) is 30.5 Å². The quantitative estimate of drug-likeness (QED) is 0.669. The van der Waals surface area contributed by atoms with E-state index in [9.17, 15) is 0 Å². The van der Waals surface area contributed by atoms with Crippen molar-refractivity contribution in [3.05, 3.63) is 35.5 Å². The van der Waals surface area contributed by atoms with Crippen LogP contribution in [0.1, 0.15) is 11.3 Å². The van der Waals surface area contributed by atoms with E-state index in [1.165, 1.54) is 0 Å². The molecule has 0 spiro atoms. The highest BCUT2D eigenvalue weighted by Gasteiger charge is 2.18. The summed E-state index contributed by atoms with van der Waals surface area (Å²) in [6.45, 7) is 1.76. The second-order valence-electron chi connectivity index (χ2n) is 4.74. The van der Waals surface area contributed by atoms with Crippen LogP contribution in [0, 0.1) is 0 Å². The predicted octanol–water partition coefficient (Wildman–Crippen LogP) is 2.60. The summed E-state index contributed by atoms with van der Waals surface area (Å²) in [4.78, 5) is 9.24. The van der Waals surface area contributed by atoms with Crippen molar-refractivity contribution in [3.63, 3.8) is 0 Å². The lowest BCUT2D eigenvalue weighted by molar-refractivity contribution is 0.417. The summed E-state index contributed by atoms with van der Waals surface area (Å²) in [5.74, 6) is 1.67. The molecule has 21 heavy (non-hydrogen) atoms. The first-order valence-corrected chi connectivity index (χ1v) is 8.09. The number of hydrogen-bond acceptors (Lipinski definition) is 6. The van der Waals surface area contributed by atoms with Gasteiger partial charge in [-0.3, -0.25) is 0 Å². The first-order valence-electron chi connectivity index (χ1n) is 6.86. The van der Waals surface area contributed by atoms with Crippen molar-refractivity contribution in [2.24, 2.45) is 0 Å². The summed E-state index contributed by atoms with van der Waals surface area (Å²) in [6, 6.07) is 7.85. The molecule has 2 aromatic rings. The van der Waals surface area contributed by atoms with Crippen LogP contribution in [0.4, 0.5) is 11.5 Å². The van der Waals surface area contributed by atoms with Crippen LogP contribution >= 0.6 is 11.8 Å². The molecule has 2 heterocycles. The van der Waals surface area contributed by atoms with Crippen molar-refractivity contribution >= 4 is 23.3 Å². The molecule has 0 bridgehead atoms. The molecule has 5 nitrogen and oxygen atoms in total. The molecule has 0 aliphatic carbocycles. The molecule has 0 amide bonds. The highest BCUT2D eigenvalue weighted by Crippen LogP contribution is 2.30. The number of fused-ring (bicyclic) bond motifs is 1. The molecule has 0 saturated heterocycles. The number of para-hydroxylation sites is 2. The third-order valence-electron chi connectivity index (χ3n) is 3.46. The van der Waals surface area contributed by atoms with Gasteiger partial charge in [-0.25, -0.2) is 9.97 Å². The summed E-state index contributed by atoms with van der Waals surface area (Å²) in [5, 5.41) is 7.57. The third-order valence-corrected chi connectivity index (χ3v) is 4.00. The van der Waals surface area contributed by atoms with Crippen LogP contribution in [-0.4, -0.2) is 29.9 Å². The highest BCUT2D eigenvalue weighted by atomic mass is 32.2. The van der Waals surface area contributed by atoms with Gasteiger partial charge in [0.15, 0.2) is 5.16 Å². The van der Waals surface area contributed by atoms with Crippen molar-refractivity contribution in [3.8, 4) is 5.75 Å². The predicted molar refractivity (Wildman–Crippen MR) is 85.5 cm³/mol. The second-order valence-corrected chi connectivity index (χ2v) is 5.51. The zero-order valence-electron chi connectivity index (χ0n) is 12.1. The molecule has 6 heteroatoms. The Hall–Kier alpha value is -1.79. The van der Waals surface area contributed by atoms with Gasteiger partial charge in [-0.2, -0.15) is 0 Å². The van der Waals surface area contributed by atoms with Crippen molar-refractivity contribution in [1.82, 2.24) is 15.3 Å². The number of nitrogens with zero attached hydrogens (tertiary/aromatic N) is 2. The lowest BCUT2D eigenvalue weighted by Gasteiger charge is -2.21. The number of ether oxygens (including phenoxy) is 1. The van der Waals surface area contributed by atoms with Crippen LogP contribution in [0.15, 0.2) is 29.4 Å². The zero-order chi connectivity index (χ0) is 14.7. The Bertz CT molecular complexity index is 648. The van der Waals surface area contributed by atoms with E-state index in [0.29, 0.717) is 0 Å². The fraction of sp³-hybridized carbons (Fsp3) is 0.333. The molecule has 1 aromatic carbocycles. The van der Waals surface area contributed by atoms with Crippen LogP contribution in [0.5, 0.6) is 5.75 Å². The molecule has 0 atom stereocenters. The van der Waals surface area contributed by atoms with Gasteiger partial charge in [0.25, 0.3) is 0 Å². The number of aromatic nitrogens is 2. The summed E-state index contributed by atoms with van der Waals surface area (Å²) >= 11 is 1.56. The number of methoxy groups -OCH3 is 1. The van der Waals surface area contributed by atoms with Gasteiger partial charge >= 0.3 is 0 Å². The van der Waals surface area contributed by atoms with E-state index in [2.05, 4.69) is 20.6 Å². The maximum Gasteiger partial charge on any atom is 0.189 e. The van der Waals surface area contributed by atoms with Gasteiger partial charge in [0.2, 0.25) is 0 Å². The zero-order valence-corrected chi connectivity index (χ0v) is 13.0. The van der Waals surface area contributed by atoms with Crippen LogP contribution in [-0.2, 0) is 13.0 Å². The largest absolute Gasteiger partial charge is 0.495 e. The topological polar surface area (TPSA) is 59.1 Å². The monoisotopic (exact) mass is 302 g/mol. The lowest BCUT2D eigenvalue weighted by atomic mass is 10.1. The summed E-state index contributed by atoms with van der Waals surface area (Å²) in [6.07, 6.45) is 2.93. The van der Waals surface area contributed by atoms with Crippen molar-refractivity contribution < 1.29 is 4.74 Å². The van der Waals surface area contributed by atoms with E-state index in [-0.39, 0.29) is 0 Å². The molecule has 1 aliphatic heterocycles. The average Bonchev–Trinajstić information content (AvgIpc) is 2.55. The molecule has 0 fully saturated rings. The van der Waals surface area contributed by atoms with Crippen LogP contribution in [0.25, 0.3) is 0 Å². The Labute approximate surface area is 128 Å². The molecule has 0 unspecified atom stereocenters. The SMILES string of the molecule is COc1ccccc1Nc1nc(SC)nc2c1CNCC2. The van der Waals surface area contributed by atoms with Gasteiger partial charge in [0.05, 0.1) is 18.5 Å². The summed E-state index contributed by atoms with van der Waals surface area (Å²) in [5.41, 5.74) is 3.19. The Morgan fingerprint density at radius 3 is 2.95 bits per heavy atom. The first-order chi connectivity index (χ1) is 10.3. The molecule has 2 N–H and O–H groups in total. The maximum atomic E-state index is 5.39. The van der Waals surface area contributed by atoms with E-state index >= 15 is 0 Å². The minimum Gasteiger partial charge on any atom is -0.495 e. The lowest BCUT2D eigenvalue weighted by Crippen LogP contribution is -2.26.